The lowest BCUT2D eigenvalue weighted by Gasteiger charge is -2.16. The van der Waals surface area contributed by atoms with Gasteiger partial charge in [-0.05, 0) is 36.6 Å². The van der Waals surface area contributed by atoms with E-state index in [9.17, 15) is 0 Å². The van der Waals surface area contributed by atoms with Crippen LogP contribution in [0.2, 0.25) is 0 Å². The molecule has 1 radical (unpaired) electrons. The maximum Gasteiger partial charge on any atom is 0.0118 e. The van der Waals surface area contributed by atoms with Gasteiger partial charge in [-0.15, -0.1) is 0 Å². The van der Waals surface area contributed by atoms with Crippen molar-refractivity contribution in [2.24, 2.45) is 5.41 Å². The van der Waals surface area contributed by atoms with Crippen molar-refractivity contribution in [1.29, 1.82) is 0 Å². The van der Waals surface area contributed by atoms with E-state index in [0.717, 1.165) is 0 Å². The average Bonchev–Trinajstić information content (AvgIpc) is 2.44. The number of allylic oxidation sites excluding steroid dienone is 4. The van der Waals surface area contributed by atoms with Gasteiger partial charge >= 0.3 is 0 Å². The molecule has 0 heteroatoms. The van der Waals surface area contributed by atoms with Crippen molar-refractivity contribution in [3.05, 3.63) is 53.1 Å². The summed E-state index contributed by atoms with van der Waals surface area (Å²) in [6.07, 6.45) is 3.59. The van der Waals surface area contributed by atoms with Crippen LogP contribution in [0.25, 0.3) is 5.57 Å². The predicted octanol–water partition coefficient (Wildman–Crippen LogP) is 4.25. The van der Waals surface area contributed by atoms with E-state index < -0.39 is 0 Å². The molecule has 1 aliphatic rings. The van der Waals surface area contributed by atoms with Gasteiger partial charge in [0.1, 0.15) is 0 Å². The lowest BCUT2D eigenvalue weighted by molar-refractivity contribution is 0.570. The lowest BCUT2D eigenvalue weighted by Crippen LogP contribution is -2.06. The van der Waals surface area contributed by atoms with Crippen molar-refractivity contribution in [2.45, 2.75) is 27.7 Å². The largest absolute Gasteiger partial charge is 0.0622 e. The van der Waals surface area contributed by atoms with Gasteiger partial charge in [-0.1, -0.05) is 49.8 Å². The summed E-state index contributed by atoms with van der Waals surface area (Å²) in [5.41, 5.74) is 5.46. The molecule has 0 aromatic heterocycles. The van der Waals surface area contributed by atoms with Crippen LogP contribution in [-0.2, 0) is 0 Å². The van der Waals surface area contributed by atoms with Crippen molar-refractivity contribution in [3.8, 4) is 0 Å². The van der Waals surface area contributed by atoms with Crippen LogP contribution in [0.4, 0.5) is 0 Å². The molecule has 0 atom stereocenters. The lowest BCUT2D eigenvalue weighted by atomic mass is 9.88. The first-order chi connectivity index (χ1) is 7.02. The second kappa shape index (κ2) is 3.37. The molecule has 1 aliphatic carbocycles. The summed E-state index contributed by atoms with van der Waals surface area (Å²) in [6.45, 7) is 8.85. The highest BCUT2D eigenvalue weighted by Gasteiger charge is 2.28. The van der Waals surface area contributed by atoms with Crippen LogP contribution in [0.1, 0.15) is 33.3 Å². The van der Waals surface area contributed by atoms with E-state index in [0.29, 0.717) is 0 Å². The molecule has 15 heavy (non-hydrogen) atoms. The second-order valence-electron chi connectivity index (χ2n) is 4.74. The molecule has 0 aliphatic heterocycles. The minimum atomic E-state index is 0.0925. The fourth-order valence-corrected chi connectivity index (χ4v) is 2.05. The minimum Gasteiger partial charge on any atom is -0.0622 e. The highest BCUT2D eigenvalue weighted by atomic mass is 14.3. The molecular formula is C15H17. The monoisotopic (exact) mass is 197 g/mol. The molecule has 0 bridgehead atoms. The molecule has 0 N–H and O–H groups in total. The van der Waals surface area contributed by atoms with Crippen LogP contribution in [0, 0.1) is 11.5 Å². The van der Waals surface area contributed by atoms with Crippen LogP contribution >= 0.6 is 0 Å². The molecule has 2 rings (SSSR count). The molecule has 1 aromatic rings. The summed E-state index contributed by atoms with van der Waals surface area (Å²) in [5, 5.41) is 0. The Balaban J connectivity index is 2.51. The van der Waals surface area contributed by atoms with Crippen LogP contribution < -0.4 is 0 Å². The Morgan fingerprint density at radius 3 is 2.07 bits per heavy atom. The van der Waals surface area contributed by atoms with Crippen molar-refractivity contribution in [3.63, 3.8) is 0 Å². The van der Waals surface area contributed by atoms with Crippen LogP contribution in [-0.4, -0.2) is 0 Å². The molecule has 0 nitrogen and oxygen atoms in total. The van der Waals surface area contributed by atoms with Gasteiger partial charge in [0.2, 0.25) is 0 Å². The quantitative estimate of drug-likeness (QED) is 0.631. The zero-order valence-electron chi connectivity index (χ0n) is 9.89. The number of hydrogen-bond donors (Lipinski definition) is 0. The maximum absolute atomic E-state index is 3.59. The van der Waals surface area contributed by atoms with Crippen LogP contribution in [0.5, 0.6) is 0 Å². The molecule has 0 unspecified atom stereocenters. The fourth-order valence-electron chi connectivity index (χ4n) is 2.05. The van der Waals surface area contributed by atoms with Gasteiger partial charge in [0.05, 0.1) is 0 Å². The van der Waals surface area contributed by atoms with Crippen LogP contribution in [0.15, 0.2) is 41.5 Å². The zero-order chi connectivity index (χ0) is 11.1. The van der Waals surface area contributed by atoms with Gasteiger partial charge in [-0.25, -0.2) is 0 Å². The van der Waals surface area contributed by atoms with Crippen molar-refractivity contribution in [2.75, 3.05) is 0 Å². The maximum atomic E-state index is 3.59. The fraction of sp³-hybridized carbons (Fsp3) is 0.333. The van der Waals surface area contributed by atoms with Crippen molar-refractivity contribution < 1.29 is 0 Å². The first-order valence-corrected chi connectivity index (χ1v) is 5.41. The Morgan fingerprint density at radius 1 is 1.00 bits per heavy atom. The highest BCUT2D eigenvalue weighted by molar-refractivity contribution is 5.81. The number of hydrogen-bond acceptors (Lipinski definition) is 0. The number of benzene rings is 1. The van der Waals surface area contributed by atoms with Gasteiger partial charge in [-0.3, -0.25) is 0 Å². The van der Waals surface area contributed by atoms with Gasteiger partial charge in [0.15, 0.2) is 0 Å². The molecule has 0 spiro atoms. The van der Waals surface area contributed by atoms with Gasteiger partial charge in [0, 0.05) is 5.41 Å². The molecule has 0 amide bonds. The van der Waals surface area contributed by atoms with E-state index >= 15 is 0 Å². The number of rotatable bonds is 1. The molecule has 0 saturated heterocycles. The molecule has 0 saturated carbocycles. The first-order valence-electron chi connectivity index (χ1n) is 5.41. The normalized spacial score (nSPS) is 19.3. The predicted molar refractivity (Wildman–Crippen MR) is 65.2 cm³/mol. The highest BCUT2D eigenvalue weighted by Crippen LogP contribution is 2.43. The molecule has 1 aromatic carbocycles. The molecule has 0 heterocycles. The molecule has 77 valence electrons. The zero-order valence-corrected chi connectivity index (χ0v) is 9.89. The van der Waals surface area contributed by atoms with E-state index in [4.69, 9.17) is 0 Å². The second-order valence-corrected chi connectivity index (χ2v) is 4.74. The van der Waals surface area contributed by atoms with E-state index in [1.807, 2.05) is 0 Å². The van der Waals surface area contributed by atoms with Gasteiger partial charge in [-0.2, -0.15) is 0 Å². The summed E-state index contributed by atoms with van der Waals surface area (Å²) in [7, 11) is 0. The van der Waals surface area contributed by atoms with E-state index in [-0.39, 0.29) is 5.41 Å². The smallest absolute Gasteiger partial charge is 0.0118 e. The standard InChI is InChI=1S/C15H17/c1-11-12(2)15(3,4)10-14(11)13-8-6-5-7-9-13/h5-9H,1-4H3. The Labute approximate surface area is 92.3 Å². The SMILES string of the molecule is CC1=C(C)C(C)(C)[C]=C1c1ccccc1. The third-order valence-electron chi connectivity index (χ3n) is 3.37. The Morgan fingerprint density at radius 2 is 1.60 bits per heavy atom. The summed E-state index contributed by atoms with van der Waals surface area (Å²) in [6, 6.07) is 10.5. The van der Waals surface area contributed by atoms with E-state index in [2.05, 4.69) is 64.1 Å². The summed E-state index contributed by atoms with van der Waals surface area (Å²) in [4.78, 5) is 0. The minimum absolute atomic E-state index is 0.0925. The molecule has 0 fully saturated rings. The van der Waals surface area contributed by atoms with Crippen molar-refractivity contribution in [1.82, 2.24) is 0 Å². The van der Waals surface area contributed by atoms with E-state index in [1.54, 1.807) is 0 Å². The molecular weight excluding hydrogens is 180 g/mol. The van der Waals surface area contributed by atoms with Crippen molar-refractivity contribution >= 4 is 5.57 Å². The first kappa shape index (κ1) is 10.2. The Hall–Kier alpha value is -1.30. The van der Waals surface area contributed by atoms with E-state index in [1.165, 1.54) is 22.3 Å². The Kier molecular flexibility index (Phi) is 2.30. The third kappa shape index (κ3) is 1.65. The summed E-state index contributed by atoms with van der Waals surface area (Å²) >= 11 is 0. The van der Waals surface area contributed by atoms with Gasteiger partial charge in [0.25, 0.3) is 0 Å². The third-order valence-corrected chi connectivity index (χ3v) is 3.37. The topological polar surface area (TPSA) is 0 Å². The average molecular weight is 197 g/mol. The Bertz CT molecular complexity index is 430. The summed E-state index contributed by atoms with van der Waals surface area (Å²) < 4.78 is 0. The van der Waals surface area contributed by atoms with Gasteiger partial charge < -0.3 is 0 Å². The summed E-state index contributed by atoms with van der Waals surface area (Å²) in [5.74, 6) is 0. The van der Waals surface area contributed by atoms with Crippen LogP contribution in [0.3, 0.4) is 0 Å².